The van der Waals surface area contributed by atoms with Crippen molar-refractivity contribution in [2.75, 3.05) is 7.05 Å². The highest BCUT2D eigenvalue weighted by Gasteiger charge is 2.01. The van der Waals surface area contributed by atoms with Gasteiger partial charge in [0, 0.05) is 38.7 Å². The molecule has 1 aromatic carbocycles. The van der Waals surface area contributed by atoms with Crippen LogP contribution in [0.1, 0.15) is 11.1 Å². The molecule has 0 saturated carbocycles. The predicted octanol–water partition coefficient (Wildman–Crippen LogP) is 2.27. The standard InChI is InChI=1S/C18H19FN6/c1-20-18(23-10-14-2-5-16(19)6-3-14)24-12-15-4-7-17(22-11-15)25-9-8-21-13-25/h2-9,11,13H,10,12H2,1H3,(H2,20,23,24). The maximum Gasteiger partial charge on any atom is 0.191 e. The molecule has 0 spiro atoms. The fraction of sp³-hybridized carbons (Fsp3) is 0.167. The van der Waals surface area contributed by atoms with Crippen molar-refractivity contribution in [1.29, 1.82) is 0 Å². The van der Waals surface area contributed by atoms with Gasteiger partial charge in [-0.05, 0) is 29.3 Å². The lowest BCUT2D eigenvalue weighted by atomic mass is 10.2. The Morgan fingerprint density at radius 1 is 1.08 bits per heavy atom. The van der Waals surface area contributed by atoms with Crippen molar-refractivity contribution in [2.24, 2.45) is 4.99 Å². The van der Waals surface area contributed by atoms with Gasteiger partial charge in [-0.25, -0.2) is 14.4 Å². The quantitative estimate of drug-likeness (QED) is 0.553. The number of aromatic nitrogens is 3. The minimum absolute atomic E-state index is 0.238. The molecule has 0 radical (unpaired) electrons. The number of halogens is 1. The molecular weight excluding hydrogens is 319 g/mol. The molecule has 0 saturated heterocycles. The van der Waals surface area contributed by atoms with E-state index in [9.17, 15) is 4.39 Å². The number of hydrogen-bond acceptors (Lipinski definition) is 3. The van der Waals surface area contributed by atoms with E-state index in [-0.39, 0.29) is 5.82 Å². The van der Waals surface area contributed by atoms with E-state index in [1.54, 1.807) is 31.7 Å². The molecule has 2 aromatic heterocycles. The summed E-state index contributed by atoms with van der Waals surface area (Å²) in [7, 11) is 1.71. The molecule has 0 fully saturated rings. The second kappa shape index (κ2) is 8.05. The van der Waals surface area contributed by atoms with Gasteiger partial charge >= 0.3 is 0 Å². The van der Waals surface area contributed by atoms with Crippen LogP contribution in [-0.2, 0) is 13.1 Å². The topological polar surface area (TPSA) is 67.1 Å². The zero-order valence-corrected chi connectivity index (χ0v) is 13.9. The Kier molecular flexibility index (Phi) is 5.36. The predicted molar refractivity (Wildman–Crippen MR) is 94.8 cm³/mol. The molecule has 0 atom stereocenters. The van der Waals surface area contributed by atoms with Gasteiger partial charge in [-0.1, -0.05) is 18.2 Å². The minimum Gasteiger partial charge on any atom is -0.352 e. The Balaban J connectivity index is 1.51. The van der Waals surface area contributed by atoms with Gasteiger partial charge in [-0.3, -0.25) is 9.56 Å². The van der Waals surface area contributed by atoms with Crippen LogP contribution in [0.25, 0.3) is 5.82 Å². The van der Waals surface area contributed by atoms with Gasteiger partial charge in [-0.15, -0.1) is 0 Å². The number of pyridine rings is 1. The van der Waals surface area contributed by atoms with Crippen molar-refractivity contribution in [3.63, 3.8) is 0 Å². The van der Waals surface area contributed by atoms with E-state index in [1.807, 2.05) is 29.1 Å². The molecule has 6 nitrogen and oxygen atoms in total. The number of aliphatic imine (C=N–C) groups is 1. The van der Waals surface area contributed by atoms with Crippen LogP contribution in [-0.4, -0.2) is 27.5 Å². The van der Waals surface area contributed by atoms with Crippen molar-refractivity contribution < 1.29 is 4.39 Å². The van der Waals surface area contributed by atoms with Crippen LogP contribution >= 0.6 is 0 Å². The zero-order chi connectivity index (χ0) is 17.5. The summed E-state index contributed by atoms with van der Waals surface area (Å²) in [6.45, 7) is 1.16. The number of nitrogens with zero attached hydrogens (tertiary/aromatic N) is 4. The van der Waals surface area contributed by atoms with Gasteiger partial charge in [0.2, 0.25) is 0 Å². The van der Waals surface area contributed by atoms with E-state index in [0.29, 0.717) is 19.0 Å². The van der Waals surface area contributed by atoms with E-state index in [0.717, 1.165) is 16.9 Å². The summed E-state index contributed by atoms with van der Waals surface area (Å²) in [5.41, 5.74) is 2.02. The summed E-state index contributed by atoms with van der Waals surface area (Å²) in [4.78, 5) is 12.6. The third-order valence-corrected chi connectivity index (χ3v) is 3.63. The van der Waals surface area contributed by atoms with E-state index in [4.69, 9.17) is 0 Å². The fourth-order valence-electron chi connectivity index (χ4n) is 2.26. The first-order valence-corrected chi connectivity index (χ1v) is 7.87. The monoisotopic (exact) mass is 338 g/mol. The number of hydrogen-bond donors (Lipinski definition) is 2. The highest BCUT2D eigenvalue weighted by atomic mass is 19.1. The zero-order valence-electron chi connectivity index (χ0n) is 13.9. The van der Waals surface area contributed by atoms with Crippen LogP contribution in [0.15, 0.2) is 66.3 Å². The molecule has 25 heavy (non-hydrogen) atoms. The van der Waals surface area contributed by atoms with Crippen LogP contribution in [0.3, 0.4) is 0 Å². The fourth-order valence-corrected chi connectivity index (χ4v) is 2.26. The number of imidazole rings is 1. The molecule has 128 valence electrons. The summed E-state index contributed by atoms with van der Waals surface area (Å²) in [5.74, 6) is 1.25. The van der Waals surface area contributed by atoms with Crippen LogP contribution < -0.4 is 10.6 Å². The number of benzene rings is 1. The third-order valence-electron chi connectivity index (χ3n) is 3.63. The number of nitrogens with one attached hydrogen (secondary N) is 2. The summed E-state index contributed by atoms with van der Waals surface area (Å²) >= 11 is 0. The van der Waals surface area contributed by atoms with Gasteiger partial charge < -0.3 is 10.6 Å². The van der Waals surface area contributed by atoms with Crippen LogP contribution in [0.4, 0.5) is 4.39 Å². The maximum atomic E-state index is 12.9. The Morgan fingerprint density at radius 3 is 2.40 bits per heavy atom. The second-order valence-electron chi connectivity index (χ2n) is 5.40. The first-order chi connectivity index (χ1) is 12.2. The van der Waals surface area contributed by atoms with Crippen LogP contribution in [0.5, 0.6) is 0 Å². The number of rotatable bonds is 5. The average Bonchev–Trinajstić information content (AvgIpc) is 3.18. The first-order valence-electron chi connectivity index (χ1n) is 7.87. The minimum atomic E-state index is -0.238. The summed E-state index contributed by atoms with van der Waals surface area (Å²) in [6, 6.07) is 10.3. The molecule has 0 aliphatic heterocycles. The molecule has 3 aromatic rings. The highest BCUT2D eigenvalue weighted by Crippen LogP contribution is 2.05. The summed E-state index contributed by atoms with van der Waals surface area (Å²) in [6.07, 6.45) is 7.09. The van der Waals surface area contributed by atoms with E-state index < -0.39 is 0 Å². The van der Waals surface area contributed by atoms with Gasteiger partial charge in [0.1, 0.15) is 18.0 Å². The maximum absolute atomic E-state index is 12.9. The largest absolute Gasteiger partial charge is 0.352 e. The first kappa shape index (κ1) is 16.6. The third kappa shape index (κ3) is 4.63. The summed E-state index contributed by atoms with van der Waals surface area (Å²) in [5, 5.41) is 6.42. The Hall–Kier alpha value is -3.22. The van der Waals surface area contributed by atoms with Crippen molar-refractivity contribution in [2.45, 2.75) is 13.1 Å². The van der Waals surface area contributed by atoms with E-state index in [1.165, 1.54) is 12.1 Å². The molecule has 3 rings (SSSR count). The Morgan fingerprint density at radius 2 is 1.80 bits per heavy atom. The highest BCUT2D eigenvalue weighted by molar-refractivity contribution is 5.79. The normalized spacial score (nSPS) is 11.4. The smallest absolute Gasteiger partial charge is 0.191 e. The molecule has 2 N–H and O–H groups in total. The van der Waals surface area contributed by atoms with E-state index in [2.05, 4.69) is 25.6 Å². The lowest BCUT2D eigenvalue weighted by Gasteiger charge is -2.12. The van der Waals surface area contributed by atoms with Gasteiger partial charge in [-0.2, -0.15) is 0 Å². The Labute approximate surface area is 145 Å². The number of guanidine groups is 1. The lowest BCUT2D eigenvalue weighted by Crippen LogP contribution is -2.36. The van der Waals surface area contributed by atoms with Crippen molar-refractivity contribution in [3.8, 4) is 5.82 Å². The van der Waals surface area contributed by atoms with Crippen molar-refractivity contribution in [3.05, 3.63) is 78.3 Å². The van der Waals surface area contributed by atoms with Crippen molar-refractivity contribution >= 4 is 5.96 Å². The second-order valence-corrected chi connectivity index (χ2v) is 5.40. The molecular formula is C18H19FN6. The van der Waals surface area contributed by atoms with Crippen LogP contribution in [0, 0.1) is 5.82 Å². The van der Waals surface area contributed by atoms with E-state index >= 15 is 0 Å². The summed E-state index contributed by atoms with van der Waals surface area (Å²) < 4.78 is 14.8. The molecule has 0 unspecified atom stereocenters. The lowest BCUT2D eigenvalue weighted by molar-refractivity contribution is 0.626. The van der Waals surface area contributed by atoms with Gasteiger partial charge in [0.25, 0.3) is 0 Å². The molecule has 0 aliphatic rings. The molecule has 0 aliphatic carbocycles. The van der Waals surface area contributed by atoms with Gasteiger partial charge in [0.05, 0.1) is 0 Å². The van der Waals surface area contributed by atoms with Crippen LogP contribution in [0.2, 0.25) is 0 Å². The van der Waals surface area contributed by atoms with Gasteiger partial charge in [0.15, 0.2) is 5.96 Å². The molecule has 2 heterocycles. The molecule has 0 bridgehead atoms. The molecule has 7 heteroatoms. The molecule has 0 amide bonds. The Bertz CT molecular complexity index is 810. The SMILES string of the molecule is CN=C(NCc1ccc(F)cc1)NCc1ccc(-n2ccnc2)nc1. The average molecular weight is 338 g/mol. The van der Waals surface area contributed by atoms with Crippen molar-refractivity contribution in [1.82, 2.24) is 25.2 Å².